The van der Waals surface area contributed by atoms with Gasteiger partial charge in [0.2, 0.25) is 0 Å². The second-order valence-electron chi connectivity index (χ2n) is 3.26. The molecule has 1 rings (SSSR count). The van der Waals surface area contributed by atoms with E-state index in [-0.39, 0.29) is 11.5 Å². The first-order chi connectivity index (χ1) is 5.22. The Balaban J connectivity index is 2.72. The van der Waals surface area contributed by atoms with E-state index in [4.69, 9.17) is 0 Å². The zero-order valence-corrected chi connectivity index (χ0v) is 7.09. The molecule has 0 bridgehead atoms. The molecular weight excluding hydrogens is 136 g/mol. The molecule has 1 aliphatic rings. The van der Waals surface area contributed by atoms with E-state index in [1.54, 1.807) is 0 Å². The Kier molecular flexibility index (Phi) is 2.50. The maximum Gasteiger partial charge on any atom is 0.0721 e. The molecule has 1 heteroatoms. The van der Waals surface area contributed by atoms with E-state index in [2.05, 4.69) is 19.6 Å². The lowest BCUT2D eigenvalue weighted by Crippen LogP contribution is -2.21. The topological polar surface area (TPSA) is 20.2 Å². The highest BCUT2D eigenvalue weighted by molar-refractivity contribution is 5.13. The second kappa shape index (κ2) is 3.22. The Morgan fingerprint density at radius 3 is 2.91 bits per heavy atom. The Morgan fingerprint density at radius 2 is 2.55 bits per heavy atom. The average molecular weight is 152 g/mol. The van der Waals surface area contributed by atoms with Crippen molar-refractivity contribution in [3.8, 4) is 0 Å². The maximum atomic E-state index is 9.21. The highest BCUT2D eigenvalue weighted by Crippen LogP contribution is 2.35. The number of rotatable bonds is 2. The molecule has 0 saturated carbocycles. The SMILES string of the molecule is C=CC1(CC)C=CC(O)CC1. The zero-order valence-electron chi connectivity index (χ0n) is 7.09. The summed E-state index contributed by atoms with van der Waals surface area (Å²) in [6, 6.07) is 0. The lowest BCUT2D eigenvalue weighted by Gasteiger charge is -2.30. The van der Waals surface area contributed by atoms with Crippen molar-refractivity contribution in [2.75, 3.05) is 0 Å². The van der Waals surface area contributed by atoms with Crippen molar-refractivity contribution in [3.63, 3.8) is 0 Å². The molecule has 11 heavy (non-hydrogen) atoms. The molecule has 0 saturated heterocycles. The summed E-state index contributed by atoms with van der Waals surface area (Å²) >= 11 is 0. The molecule has 0 fully saturated rings. The van der Waals surface area contributed by atoms with Gasteiger partial charge in [-0.25, -0.2) is 0 Å². The van der Waals surface area contributed by atoms with Gasteiger partial charge in [0.05, 0.1) is 6.10 Å². The average Bonchev–Trinajstić information content (AvgIpc) is 2.07. The van der Waals surface area contributed by atoms with Gasteiger partial charge in [-0.05, 0) is 19.3 Å². The summed E-state index contributed by atoms with van der Waals surface area (Å²) in [5.41, 5.74) is 0.166. The van der Waals surface area contributed by atoms with Crippen LogP contribution < -0.4 is 0 Å². The third kappa shape index (κ3) is 1.72. The molecule has 1 N–H and O–H groups in total. The van der Waals surface area contributed by atoms with Gasteiger partial charge >= 0.3 is 0 Å². The molecule has 0 aliphatic heterocycles. The molecule has 0 aromatic rings. The fourth-order valence-corrected chi connectivity index (χ4v) is 1.51. The van der Waals surface area contributed by atoms with E-state index >= 15 is 0 Å². The van der Waals surface area contributed by atoms with Crippen LogP contribution in [0.1, 0.15) is 26.2 Å². The summed E-state index contributed by atoms with van der Waals surface area (Å²) < 4.78 is 0. The van der Waals surface area contributed by atoms with Gasteiger partial charge in [-0.15, -0.1) is 6.58 Å². The van der Waals surface area contributed by atoms with Crippen molar-refractivity contribution in [3.05, 3.63) is 24.8 Å². The van der Waals surface area contributed by atoms with Crippen molar-refractivity contribution in [2.24, 2.45) is 5.41 Å². The number of hydrogen-bond donors (Lipinski definition) is 1. The predicted molar refractivity (Wildman–Crippen MR) is 47.3 cm³/mol. The van der Waals surface area contributed by atoms with E-state index in [0.717, 1.165) is 19.3 Å². The van der Waals surface area contributed by atoms with Crippen LogP contribution in [0.3, 0.4) is 0 Å². The molecule has 1 nitrogen and oxygen atoms in total. The summed E-state index contributed by atoms with van der Waals surface area (Å²) in [6.07, 6.45) is 8.73. The number of aliphatic hydroxyl groups excluding tert-OH is 1. The highest BCUT2D eigenvalue weighted by Gasteiger charge is 2.25. The quantitative estimate of drug-likeness (QED) is 0.602. The number of aliphatic hydroxyl groups is 1. The van der Waals surface area contributed by atoms with Gasteiger partial charge in [-0.2, -0.15) is 0 Å². The monoisotopic (exact) mass is 152 g/mol. The van der Waals surface area contributed by atoms with Crippen LogP contribution in [0.15, 0.2) is 24.8 Å². The number of allylic oxidation sites excluding steroid dienone is 2. The van der Waals surface area contributed by atoms with E-state index in [0.29, 0.717) is 0 Å². The molecule has 0 radical (unpaired) electrons. The fourth-order valence-electron chi connectivity index (χ4n) is 1.51. The zero-order chi connectivity index (χ0) is 8.32. The minimum Gasteiger partial charge on any atom is -0.389 e. The highest BCUT2D eigenvalue weighted by atomic mass is 16.3. The van der Waals surface area contributed by atoms with Crippen molar-refractivity contribution >= 4 is 0 Å². The minimum absolute atomic E-state index is 0.166. The normalized spacial score (nSPS) is 37.1. The second-order valence-corrected chi connectivity index (χ2v) is 3.26. The molecule has 1 aliphatic carbocycles. The van der Waals surface area contributed by atoms with E-state index in [9.17, 15) is 5.11 Å². The molecule has 0 spiro atoms. The van der Waals surface area contributed by atoms with Crippen molar-refractivity contribution in [2.45, 2.75) is 32.3 Å². The Bertz CT molecular complexity index is 172. The minimum atomic E-state index is -0.227. The van der Waals surface area contributed by atoms with Gasteiger partial charge < -0.3 is 5.11 Å². The van der Waals surface area contributed by atoms with Gasteiger partial charge in [-0.3, -0.25) is 0 Å². The first kappa shape index (κ1) is 8.54. The van der Waals surface area contributed by atoms with Gasteiger partial charge in [0, 0.05) is 5.41 Å². The summed E-state index contributed by atoms with van der Waals surface area (Å²) in [6.45, 7) is 5.98. The molecular formula is C10H16O. The summed E-state index contributed by atoms with van der Waals surface area (Å²) in [4.78, 5) is 0. The standard InChI is InChI=1S/C10H16O/c1-3-10(4-2)7-5-9(11)6-8-10/h3,5,7,9,11H,1,4,6,8H2,2H3. The van der Waals surface area contributed by atoms with Gasteiger partial charge in [0.1, 0.15) is 0 Å². The lowest BCUT2D eigenvalue weighted by atomic mass is 9.76. The van der Waals surface area contributed by atoms with Crippen LogP contribution in [0.25, 0.3) is 0 Å². The van der Waals surface area contributed by atoms with E-state index in [1.165, 1.54) is 0 Å². The lowest BCUT2D eigenvalue weighted by molar-refractivity contribution is 0.181. The molecule has 62 valence electrons. The molecule has 2 atom stereocenters. The molecule has 0 aromatic carbocycles. The summed E-state index contributed by atoms with van der Waals surface area (Å²) in [5, 5.41) is 9.21. The largest absolute Gasteiger partial charge is 0.389 e. The van der Waals surface area contributed by atoms with Gasteiger partial charge in [-0.1, -0.05) is 25.2 Å². The summed E-state index contributed by atoms with van der Waals surface area (Å²) in [5.74, 6) is 0. The van der Waals surface area contributed by atoms with Crippen LogP contribution >= 0.6 is 0 Å². The van der Waals surface area contributed by atoms with Crippen LogP contribution in [0.2, 0.25) is 0 Å². The van der Waals surface area contributed by atoms with Crippen LogP contribution in [0, 0.1) is 5.41 Å². The van der Waals surface area contributed by atoms with Crippen molar-refractivity contribution in [1.29, 1.82) is 0 Å². The molecule has 0 amide bonds. The van der Waals surface area contributed by atoms with Crippen molar-refractivity contribution in [1.82, 2.24) is 0 Å². The first-order valence-corrected chi connectivity index (χ1v) is 4.23. The Hall–Kier alpha value is -0.560. The molecule has 0 aromatic heterocycles. The maximum absolute atomic E-state index is 9.21. The third-order valence-corrected chi connectivity index (χ3v) is 2.62. The van der Waals surface area contributed by atoms with Crippen LogP contribution in [-0.4, -0.2) is 11.2 Å². The summed E-state index contributed by atoms with van der Waals surface area (Å²) in [7, 11) is 0. The fraction of sp³-hybridized carbons (Fsp3) is 0.600. The Labute approximate surface area is 68.4 Å². The third-order valence-electron chi connectivity index (χ3n) is 2.62. The van der Waals surface area contributed by atoms with E-state index < -0.39 is 0 Å². The van der Waals surface area contributed by atoms with Gasteiger partial charge in [0.15, 0.2) is 0 Å². The van der Waals surface area contributed by atoms with Gasteiger partial charge in [0.25, 0.3) is 0 Å². The predicted octanol–water partition coefficient (Wildman–Crippen LogP) is 2.28. The molecule has 0 heterocycles. The van der Waals surface area contributed by atoms with Crippen molar-refractivity contribution < 1.29 is 5.11 Å². The first-order valence-electron chi connectivity index (χ1n) is 4.23. The Morgan fingerprint density at radius 1 is 1.82 bits per heavy atom. The van der Waals surface area contributed by atoms with Crippen LogP contribution in [-0.2, 0) is 0 Å². The van der Waals surface area contributed by atoms with Crippen LogP contribution in [0.5, 0.6) is 0 Å². The molecule has 2 unspecified atom stereocenters. The number of hydrogen-bond acceptors (Lipinski definition) is 1. The smallest absolute Gasteiger partial charge is 0.0721 e. The van der Waals surface area contributed by atoms with Crippen LogP contribution in [0.4, 0.5) is 0 Å². The van der Waals surface area contributed by atoms with E-state index in [1.807, 2.05) is 12.2 Å².